The number of unbranched alkanes of at least 4 members (excludes halogenated alkanes) is 7. The number of allylic oxidation sites excluding steroid dienone is 2. The first-order valence-electron chi connectivity index (χ1n) is 8.50. The Morgan fingerprint density at radius 3 is 1.95 bits per heavy atom. The number of hydrogen-bond acceptors (Lipinski definition) is 2. The van der Waals surface area contributed by atoms with Gasteiger partial charge in [-0.15, -0.1) is 0 Å². The molecular weight excluding hydrogens is 279 g/mol. The second kappa shape index (κ2) is 11.1. The molecule has 0 aliphatic rings. The normalized spacial score (nSPS) is 11.4. The van der Waals surface area contributed by atoms with Crippen molar-refractivity contribution in [2.45, 2.75) is 71.1 Å². The highest BCUT2D eigenvalue weighted by Gasteiger charge is 2.08. The number of phenols is 2. The first-order chi connectivity index (χ1) is 10.6. The lowest BCUT2D eigenvalue weighted by Gasteiger charge is -2.04. The summed E-state index contributed by atoms with van der Waals surface area (Å²) in [5, 5.41) is 18.6. The Balaban J connectivity index is 2.07. The largest absolute Gasteiger partial charge is 0.505 e. The van der Waals surface area contributed by atoms with Gasteiger partial charge in [0.05, 0.1) is 0 Å². The molecule has 0 bridgehead atoms. The predicted molar refractivity (Wildman–Crippen MR) is 89.8 cm³/mol. The maximum atomic E-state index is 13.1. The van der Waals surface area contributed by atoms with Crippen molar-refractivity contribution in [2.24, 2.45) is 0 Å². The van der Waals surface area contributed by atoms with Gasteiger partial charge in [-0.2, -0.15) is 4.39 Å². The van der Waals surface area contributed by atoms with E-state index in [1.807, 2.05) is 0 Å². The van der Waals surface area contributed by atoms with Gasteiger partial charge in [-0.3, -0.25) is 0 Å². The van der Waals surface area contributed by atoms with Gasteiger partial charge < -0.3 is 10.2 Å². The first-order valence-corrected chi connectivity index (χ1v) is 8.50. The number of benzene rings is 1. The van der Waals surface area contributed by atoms with Gasteiger partial charge in [0.2, 0.25) is 5.82 Å². The summed E-state index contributed by atoms with van der Waals surface area (Å²) in [7, 11) is 0. The van der Waals surface area contributed by atoms with E-state index in [0.717, 1.165) is 37.7 Å². The smallest absolute Gasteiger partial charge is 0.206 e. The van der Waals surface area contributed by atoms with Gasteiger partial charge in [0.1, 0.15) is 0 Å². The van der Waals surface area contributed by atoms with E-state index < -0.39 is 17.3 Å². The highest BCUT2D eigenvalue weighted by Crippen LogP contribution is 2.27. The van der Waals surface area contributed by atoms with E-state index in [1.165, 1.54) is 44.2 Å². The molecule has 124 valence electrons. The summed E-state index contributed by atoms with van der Waals surface area (Å²) in [6.45, 7) is 2.23. The van der Waals surface area contributed by atoms with Crippen LogP contribution in [0.2, 0.25) is 0 Å². The fourth-order valence-electron chi connectivity index (χ4n) is 2.49. The molecule has 0 unspecified atom stereocenters. The molecule has 3 heteroatoms. The predicted octanol–water partition coefficient (Wildman–Crippen LogP) is 5.87. The van der Waals surface area contributed by atoms with E-state index in [2.05, 4.69) is 19.1 Å². The van der Waals surface area contributed by atoms with Crippen molar-refractivity contribution < 1.29 is 14.6 Å². The Hall–Kier alpha value is -1.51. The maximum absolute atomic E-state index is 13.1. The van der Waals surface area contributed by atoms with Crippen LogP contribution in [-0.4, -0.2) is 10.2 Å². The molecule has 0 saturated heterocycles. The summed E-state index contributed by atoms with van der Waals surface area (Å²) in [6.07, 6.45) is 16.1. The second-order valence-electron chi connectivity index (χ2n) is 5.87. The second-order valence-corrected chi connectivity index (χ2v) is 5.87. The van der Waals surface area contributed by atoms with Gasteiger partial charge in [-0.1, -0.05) is 44.8 Å². The molecule has 22 heavy (non-hydrogen) atoms. The minimum atomic E-state index is -0.937. The molecule has 2 N–H and O–H groups in total. The van der Waals surface area contributed by atoms with Crippen LogP contribution in [0.15, 0.2) is 24.3 Å². The van der Waals surface area contributed by atoms with Crippen molar-refractivity contribution in [3.63, 3.8) is 0 Å². The molecule has 0 radical (unpaired) electrons. The van der Waals surface area contributed by atoms with E-state index >= 15 is 0 Å². The lowest BCUT2D eigenvalue weighted by atomic mass is 10.0. The lowest BCUT2D eigenvalue weighted by Crippen LogP contribution is -1.88. The molecule has 0 atom stereocenters. The molecule has 2 nitrogen and oxygen atoms in total. The Bertz CT molecular complexity index is 432. The van der Waals surface area contributed by atoms with Gasteiger partial charge >= 0.3 is 0 Å². The molecular formula is C19H29FO2. The van der Waals surface area contributed by atoms with E-state index in [-0.39, 0.29) is 0 Å². The standard InChI is InChI=1S/C19H29FO2/c1-2-3-4-5-6-7-8-9-10-11-12-13-16-14-17(21)19(20)18(22)15-16/h7-8,14-15,21-22H,2-6,9-13H2,1H3/b8-7-. The van der Waals surface area contributed by atoms with Crippen LogP contribution in [0.1, 0.15) is 70.3 Å². The van der Waals surface area contributed by atoms with Crippen molar-refractivity contribution >= 4 is 0 Å². The van der Waals surface area contributed by atoms with Crippen molar-refractivity contribution in [3.8, 4) is 11.5 Å². The average Bonchev–Trinajstić information content (AvgIpc) is 2.50. The Morgan fingerprint density at radius 1 is 0.864 bits per heavy atom. The summed E-state index contributed by atoms with van der Waals surface area (Å²) in [6, 6.07) is 2.79. The molecule has 0 fully saturated rings. The van der Waals surface area contributed by atoms with E-state index in [9.17, 15) is 14.6 Å². The third-order valence-corrected chi connectivity index (χ3v) is 3.82. The summed E-state index contributed by atoms with van der Waals surface area (Å²) in [5.74, 6) is -1.88. The van der Waals surface area contributed by atoms with Crippen LogP contribution in [-0.2, 0) is 6.42 Å². The maximum Gasteiger partial charge on any atom is 0.206 e. The molecule has 1 aromatic rings. The zero-order valence-corrected chi connectivity index (χ0v) is 13.7. The zero-order valence-electron chi connectivity index (χ0n) is 13.7. The third-order valence-electron chi connectivity index (χ3n) is 3.82. The fourth-order valence-corrected chi connectivity index (χ4v) is 2.49. The van der Waals surface area contributed by atoms with Crippen LogP contribution in [0.4, 0.5) is 4.39 Å². The minimum Gasteiger partial charge on any atom is -0.505 e. The summed E-state index contributed by atoms with van der Waals surface area (Å²) in [4.78, 5) is 0. The molecule has 0 heterocycles. The van der Waals surface area contributed by atoms with E-state index in [1.54, 1.807) is 0 Å². The third kappa shape index (κ3) is 7.48. The molecule has 0 aromatic heterocycles. The average molecular weight is 308 g/mol. The van der Waals surface area contributed by atoms with Crippen LogP contribution < -0.4 is 0 Å². The van der Waals surface area contributed by atoms with Gasteiger partial charge in [0.25, 0.3) is 0 Å². The Labute approximate surface area is 133 Å². The van der Waals surface area contributed by atoms with Gasteiger partial charge in [-0.05, 0) is 56.2 Å². The number of rotatable bonds is 11. The van der Waals surface area contributed by atoms with Crippen LogP contribution in [0.3, 0.4) is 0 Å². The van der Waals surface area contributed by atoms with Crippen molar-refractivity contribution in [3.05, 3.63) is 35.7 Å². The van der Waals surface area contributed by atoms with Gasteiger partial charge in [0, 0.05) is 0 Å². The molecule has 0 aliphatic carbocycles. The SMILES string of the molecule is CCCCCC/C=C\CCCCCc1cc(O)c(F)c(O)c1. The zero-order chi connectivity index (χ0) is 16.2. The number of phenolic OH excluding ortho intramolecular Hbond substituents is 2. The van der Waals surface area contributed by atoms with Crippen LogP contribution in [0.5, 0.6) is 11.5 Å². The lowest BCUT2D eigenvalue weighted by molar-refractivity contribution is 0.388. The monoisotopic (exact) mass is 308 g/mol. The Kier molecular flexibility index (Phi) is 9.36. The van der Waals surface area contributed by atoms with Crippen LogP contribution >= 0.6 is 0 Å². The fraction of sp³-hybridized carbons (Fsp3) is 0.579. The highest BCUT2D eigenvalue weighted by atomic mass is 19.1. The number of halogens is 1. The van der Waals surface area contributed by atoms with Gasteiger partial charge in [0.15, 0.2) is 11.5 Å². The molecule has 0 spiro atoms. The van der Waals surface area contributed by atoms with Crippen molar-refractivity contribution in [1.82, 2.24) is 0 Å². The van der Waals surface area contributed by atoms with E-state index in [0.29, 0.717) is 0 Å². The summed E-state index contributed by atoms with van der Waals surface area (Å²) < 4.78 is 13.1. The molecule has 1 aromatic carbocycles. The van der Waals surface area contributed by atoms with Crippen molar-refractivity contribution in [1.29, 1.82) is 0 Å². The quantitative estimate of drug-likeness (QED) is 0.396. The topological polar surface area (TPSA) is 40.5 Å². The number of hydrogen-bond donors (Lipinski definition) is 2. The molecule has 0 aliphatic heterocycles. The first kappa shape index (κ1) is 18.5. The minimum absolute atomic E-state index is 0.471. The molecule has 1 rings (SSSR count). The number of aryl methyl sites for hydroxylation is 1. The highest BCUT2D eigenvalue weighted by molar-refractivity contribution is 5.38. The van der Waals surface area contributed by atoms with Crippen molar-refractivity contribution in [2.75, 3.05) is 0 Å². The molecule has 0 saturated carbocycles. The molecule has 0 amide bonds. The van der Waals surface area contributed by atoms with E-state index in [4.69, 9.17) is 0 Å². The Morgan fingerprint density at radius 2 is 1.41 bits per heavy atom. The summed E-state index contributed by atoms with van der Waals surface area (Å²) >= 11 is 0. The van der Waals surface area contributed by atoms with Crippen LogP contribution in [0, 0.1) is 5.82 Å². The number of aromatic hydroxyl groups is 2. The summed E-state index contributed by atoms with van der Waals surface area (Å²) in [5.41, 5.74) is 0.780. The van der Waals surface area contributed by atoms with Crippen LogP contribution in [0.25, 0.3) is 0 Å². The van der Waals surface area contributed by atoms with Gasteiger partial charge in [-0.25, -0.2) is 0 Å².